The fraction of sp³-hybridized carbons (Fsp3) is 0.308. The van der Waals surface area contributed by atoms with Gasteiger partial charge < -0.3 is 19.4 Å². The van der Waals surface area contributed by atoms with Gasteiger partial charge in [-0.1, -0.05) is 41.7 Å². The molecular formula is C26H28N4O6S3. The highest BCUT2D eigenvalue weighted by Gasteiger charge is 2.22. The maximum Gasteiger partial charge on any atom is 0.263 e. The zero-order chi connectivity index (χ0) is 27.8. The van der Waals surface area contributed by atoms with Crippen LogP contribution in [0.5, 0.6) is 5.75 Å². The molecule has 0 aliphatic heterocycles. The van der Waals surface area contributed by atoms with Gasteiger partial charge in [-0.3, -0.25) is 9.59 Å². The minimum Gasteiger partial charge on any atom is -0.494 e. The van der Waals surface area contributed by atoms with Crippen molar-refractivity contribution in [3.8, 4) is 17.0 Å². The summed E-state index contributed by atoms with van der Waals surface area (Å²) in [5, 5.41) is 4.55. The Morgan fingerprint density at radius 2 is 1.87 bits per heavy atom. The Kier molecular flexibility index (Phi) is 9.62. The first kappa shape index (κ1) is 28.6. The molecule has 10 nitrogen and oxygen atoms in total. The molecule has 2 heterocycles. The van der Waals surface area contributed by atoms with Crippen LogP contribution in [0.1, 0.15) is 13.8 Å². The van der Waals surface area contributed by atoms with Crippen LogP contribution in [-0.2, 0) is 30.7 Å². The van der Waals surface area contributed by atoms with E-state index >= 15 is 0 Å². The van der Waals surface area contributed by atoms with Crippen LogP contribution in [0.4, 0.5) is 5.13 Å². The molecule has 0 aliphatic rings. The lowest BCUT2D eigenvalue weighted by Crippen LogP contribution is -2.28. The fourth-order valence-electron chi connectivity index (χ4n) is 3.72. The SMILES string of the molecule is CCOCCn1c(=NC(=O)CS(=O)(=O)CC(=O)Nc2nc(-c3ccccc3)cs2)sc2cc(OCC)ccc21. The van der Waals surface area contributed by atoms with Crippen molar-refractivity contribution >= 4 is 59.7 Å². The summed E-state index contributed by atoms with van der Waals surface area (Å²) in [7, 11) is -4.07. The van der Waals surface area contributed by atoms with E-state index in [4.69, 9.17) is 9.47 Å². The van der Waals surface area contributed by atoms with Crippen LogP contribution >= 0.6 is 22.7 Å². The van der Waals surface area contributed by atoms with Gasteiger partial charge in [0.15, 0.2) is 19.8 Å². The summed E-state index contributed by atoms with van der Waals surface area (Å²) in [6, 6.07) is 15.0. The quantitative estimate of drug-likeness (QED) is 0.250. The Morgan fingerprint density at radius 1 is 1.08 bits per heavy atom. The van der Waals surface area contributed by atoms with E-state index in [1.165, 1.54) is 22.7 Å². The molecule has 1 N–H and O–H groups in total. The van der Waals surface area contributed by atoms with E-state index in [9.17, 15) is 18.0 Å². The number of hydrogen-bond donors (Lipinski definition) is 1. The molecule has 206 valence electrons. The average Bonchev–Trinajstić information content (AvgIpc) is 3.48. The molecule has 0 unspecified atom stereocenters. The molecule has 2 amide bonds. The van der Waals surface area contributed by atoms with Gasteiger partial charge in [0.2, 0.25) is 5.91 Å². The minimum absolute atomic E-state index is 0.275. The molecule has 2 aromatic heterocycles. The monoisotopic (exact) mass is 588 g/mol. The van der Waals surface area contributed by atoms with E-state index in [0.717, 1.165) is 15.8 Å². The van der Waals surface area contributed by atoms with Gasteiger partial charge in [0, 0.05) is 24.1 Å². The number of carbonyl (C=O) groups excluding carboxylic acids is 2. The van der Waals surface area contributed by atoms with Crippen molar-refractivity contribution in [3.63, 3.8) is 0 Å². The first-order valence-corrected chi connectivity index (χ1v) is 15.7. The summed E-state index contributed by atoms with van der Waals surface area (Å²) in [5.41, 5.74) is 2.38. The van der Waals surface area contributed by atoms with E-state index in [0.29, 0.717) is 42.6 Å². The minimum atomic E-state index is -4.07. The second-order valence-electron chi connectivity index (χ2n) is 8.29. The highest BCUT2D eigenvalue weighted by atomic mass is 32.2. The first-order chi connectivity index (χ1) is 18.8. The van der Waals surface area contributed by atoms with Crippen molar-refractivity contribution in [2.75, 3.05) is 36.6 Å². The molecule has 0 bridgehead atoms. The molecular weight excluding hydrogens is 561 g/mol. The standard InChI is InChI=1S/C26H28N4O6S3/c1-3-35-13-12-30-21-11-10-19(36-4-2)14-22(21)38-26(30)29-24(32)17-39(33,34)16-23(31)28-25-27-20(15-37-25)18-8-6-5-7-9-18/h5-11,14-15H,3-4,12-13,16-17H2,1-2H3,(H,27,28,31). The normalized spacial score (nSPS) is 12.1. The van der Waals surface area contributed by atoms with E-state index in [1.807, 2.05) is 66.9 Å². The zero-order valence-electron chi connectivity index (χ0n) is 21.5. The molecule has 13 heteroatoms. The average molecular weight is 589 g/mol. The number of ether oxygens (including phenoxy) is 2. The number of rotatable bonds is 12. The molecule has 39 heavy (non-hydrogen) atoms. The van der Waals surface area contributed by atoms with Crippen molar-refractivity contribution in [2.24, 2.45) is 4.99 Å². The number of carbonyl (C=O) groups is 2. The van der Waals surface area contributed by atoms with Gasteiger partial charge in [-0.25, -0.2) is 13.4 Å². The number of benzene rings is 2. The maximum atomic E-state index is 12.7. The number of nitrogens with one attached hydrogen (secondary N) is 1. The number of amides is 2. The number of anilines is 1. The second kappa shape index (κ2) is 13.1. The molecule has 2 aromatic carbocycles. The van der Waals surface area contributed by atoms with Crippen LogP contribution in [0.2, 0.25) is 0 Å². The Bertz CT molecular complexity index is 1620. The number of nitrogens with zero attached hydrogens (tertiary/aromatic N) is 3. The fourth-order valence-corrected chi connectivity index (χ4v) is 6.57. The summed E-state index contributed by atoms with van der Waals surface area (Å²) < 4.78 is 39.0. The van der Waals surface area contributed by atoms with Gasteiger partial charge in [-0.05, 0) is 32.0 Å². The van der Waals surface area contributed by atoms with Gasteiger partial charge in [0.05, 0.1) is 29.1 Å². The Hall–Kier alpha value is -3.39. The number of aromatic nitrogens is 2. The lowest BCUT2D eigenvalue weighted by molar-refractivity contribution is -0.115. The Morgan fingerprint density at radius 3 is 2.62 bits per heavy atom. The van der Waals surface area contributed by atoms with Gasteiger partial charge in [0.25, 0.3) is 5.91 Å². The zero-order valence-corrected chi connectivity index (χ0v) is 23.9. The topological polar surface area (TPSA) is 129 Å². The summed E-state index contributed by atoms with van der Waals surface area (Å²) in [5.74, 6) is -2.69. The van der Waals surface area contributed by atoms with Crippen molar-refractivity contribution in [1.82, 2.24) is 9.55 Å². The first-order valence-electron chi connectivity index (χ1n) is 12.2. The lowest BCUT2D eigenvalue weighted by Gasteiger charge is -2.06. The molecule has 4 rings (SSSR count). The number of hydrogen-bond acceptors (Lipinski definition) is 9. The third-order valence-corrected chi connectivity index (χ3v) is 8.55. The molecule has 0 aliphatic carbocycles. The summed E-state index contributed by atoms with van der Waals surface area (Å²) in [6.07, 6.45) is 0. The van der Waals surface area contributed by atoms with E-state index < -0.39 is 33.2 Å². The molecule has 0 spiro atoms. The van der Waals surface area contributed by atoms with Crippen molar-refractivity contribution in [1.29, 1.82) is 0 Å². The van der Waals surface area contributed by atoms with Gasteiger partial charge >= 0.3 is 0 Å². The number of thiazole rings is 2. The molecule has 0 atom stereocenters. The Balaban J connectivity index is 1.46. The van der Waals surface area contributed by atoms with Crippen LogP contribution in [-0.4, -0.2) is 61.1 Å². The summed E-state index contributed by atoms with van der Waals surface area (Å²) in [6.45, 7) is 5.66. The van der Waals surface area contributed by atoms with Gasteiger partial charge in [-0.2, -0.15) is 4.99 Å². The van der Waals surface area contributed by atoms with Gasteiger partial charge in [-0.15, -0.1) is 11.3 Å². The third kappa shape index (κ3) is 7.82. The molecule has 0 saturated heterocycles. The molecule has 0 saturated carbocycles. The molecule has 0 radical (unpaired) electrons. The van der Waals surface area contributed by atoms with E-state index in [1.54, 1.807) is 5.38 Å². The summed E-state index contributed by atoms with van der Waals surface area (Å²) >= 11 is 2.44. The number of fused-ring (bicyclic) bond motifs is 1. The highest BCUT2D eigenvalue weighted by molar-refractivity contribution is 7.92. The Labute approximate surface area is 233 Å². The lowest BCUT2D eigenvalue weighted by atomic mass is 10.2. The smallest absolute Gasteiger partial charge is 0.263 e. The van der Waals surface area contributed by atoms with Crippen LogP contribution < -0.4 is 14.9 Å². The molecule has 0 fully saturated rings. The van der Waals surface area contributed by atoms with Crippen molar-refractivity contribution in [2.45, 2.75) is 20.4 Å². The third-order valence-electron chi connectivity index (χ3n) is 5.36. The van der Waals surface area contributed by atoms with Gasteiger partial charge in [0.1, 0.15) is 17.3 Å². The number of sulfone groups is 1. The van der Waals surface area contributed by atoms with E-state index in [2.05, 4.69) is 15.3 Å². The highest BCUT2D eigenvalue weighted by Crippen LogP contribution is 2.25. The second-order valence-corrected chi connectivity index (χ2v) is 12.2. The van der Waals surface area contributed by atoms with Crippen molar-refractivity contribution < 1.29 is 27.5 Å². The predicted octanol–water partition coefficient (Wildman–Crippen LogP) is 3.74. The van der Waals surface area contributed by atoms with Crippen LogP contribution in [0.25, 0.3) is 21.5 Å². The predicted molar refractivity (Wildman–Crippen MR) is 153 cm³/mol. The molecule has 4 aromatic rings. The van der Waals surface area contributed by atoms with Crippen LogP contribution in [0.3, 0.4) is 0 Å². The largest absolute Gasteiger partial charge is 0.494 e. The van der Waals surface area contributed by atoms with Crippen molar-refractivity contribution in [3.05, 3.63) is 58.7 Å². The maximum absolute atomic E-state index is 12.7. The van der Waals surface area contributed by atoms with Crippen LogP contribution in [0, 0.1) is 0 Å². The summed E-state index contributed by atoms with van der Waals surface area (Å²) in [4.78, 5) is 33.9. The van der Waals surface area contributed by atoms with Crippen LogP contribution in [0.15, 0.2) is 58.9 Å². The van der Waals surface area contributed by atoms with E-state index in [-0.39, 0.29) is 5.13 Å².